The summed E-state index contributed by atoms with van der Waals surface area (Å²) in [5.74, 6) is -0.0488. The third kappa shape index (κ3) is 4.58. The maximum absolute atomic E-state index is 13.1. The van der Waals surface area contributed by atoms with Crippen molar-refractivity contribution in [3.05, 3.63) is 118 Å². The highest BCUT2D eigenvalue weighted by molar-refractivity contribution is 8.18. The summed E-state index contributed by atoms with van der Waals surface area (Å²) in [6, 6.07) is 27.2. The number of para-hydroxylation sites is 1. The first-order chi connectivity index (χ1) is 16.6. The van der Waals surface area contributed by atoms with E-state index >= 15 is 0 Å². The number of amides is 2. The molecule has 0 atom stereocenters. The number of fused-ring (bicyclic) bond motifs is 1. The second-order valence-corrected chi connectivity index (χ2v) is 8.85. The van der Waals surface area contributed by atoms with Gasteiger partial charge < -0.3 is 4.74 Å². The first-order valence-corrected chi connectivity index (χ1v) is 11.6. The Morgan fingerprint density at radius 2 is 1.59 bits per heavy atom. The van der Waals surface area contributed by atoms with Crippen molar-refractivity contribution in [2.45, 2.75) is 13.2 Å². The third-order valence-electron chi connectivity index (χ3n) is 5.60. The monoisotopic (exact) mass is 469 g/mol. The lowest BCUT2D eigenvalue weighted by Gasteiger charge is -2.14. The zero-order valence-corrected chi connectivity index (χ0v) is 18.9. The molecule has 1 aliphatic heterocycles. The number of carbonyl (C=O) groups is 2. The van der Waals surface area contributed by atoms with Gasteiger partial charge in [0.05, 0.1) is 11.4 Å². The molecule has 0 aromatic heterocycles. The van der Waals surface area contributed by atoms with Crippen molar-refractivity contribution in [1.29, 1.82) is 0 Å². The molecule has 1 fully saturated rings. The normalized spacial score (nSPS) is 14.9. The molecule has 0 N–H and O–H groups in total. The number of imide groups is 1. The fraction of sp³-hybridized carbons (Fsp3) is 0.0714. The molecule has 1 heterocycles. The lowest BCUT2D eigenvalue weighted by atomic mass is 10.0. The molecular weight excluding hydrogens is 449 g/mol. The van der Waals surface area contributed by atoms with Gasteiger partial charge in [-0.15, -0.1) is 0 Å². The number of thioether (sulfide) groups is 1. The van der Waals surface area contributed by atoms with E-state index in [0.29, 0.717) is 16.2 Å². The number of nitrogens with zero attached hydrogens (tertiary/aromatic N) is 1. The van der Waals surface area contributed by atoms with Crippen LogP contribution in [0, 0.1) is 5.82 Å². The maximum Gasteiger partial charge on any atom is 0.293 e. The Morgan fingerprint density at radius 1 is 0.853 bits per heavy atom. The van der Waals surface area contributed by atoms with E-state index in [9.17, 15) is 14.0 Å². The molecule has 2 amide bonds. The molecule has 0 unspecified atom stereocenters. The van der Waals surface area contributed by atoms with Gasteiger partial charge in [0.2, 0.25) is 0 Å². The molecule has 4 aromatic rings. The van der Waals surface area contributed by atoms with Crippen LogP contribution in [0.5, 0.6) is 5.75 Å². The zero-order chi connectivity index (χ0) is 23.5. The van der Waals surface area contributed by atoms with Crippen LogP contribution in [0.2, 0.25) is 0 Å². The number of halogens is 1. The van der Waals surface area contributed by atoms with Gasteiger partial charge in [0.15, 0.2) is 0 Å². The van der Waals surface area contributed by atoms with Gasteiger partial charge in [-0.3, -0.25) is 14.5 Å². The molecule has 34 heavy (non-hydrogen) atoms. The van der Waals surface area contributed by atoms with Crippen LogP contribution >= 0.6 is 11.8 Å². The van der Waals surface area contributed by atoms with Crippen LogP contribution in [-0.2, 0) is 17.9 Å². The van der Waals surface area contributed by atoms with Gasteiger partial charge in [-0.05, 0) is 57.9 Å². The van der Waals surface area contributed by atoms with Crippen LogP contribution in [0.25, 0.3) is 16.8 Å². The van der Waals surface area contributed by atoms with Gasteiger partial charge in [0.1, 0.15) is 18.2 Å². The summed E-state index contributed by atoms with van der Waals surface area (Å²) in [6.45, 7) is 0.472. The summed E-state index contributed by atoms with van der Waals surface area (Å²) in [7, 11) is 0. The second kappa shape index (κ2) is 9.53. The quantitative estimate of drug-likeness (QED) is 0.292. The predicted molar refractivity (Wildman–Crippen MR) is 133 cm³/mol. The van der Waals surface area contributed by atoms with E-state index in [0.717, 1.165) is 33.7 Å². The first kappa shape index (κ1) is 21.9. The minimum absolute atomic E-state index is 0.214. The smallest absolute Gasteiger partial charge is 0.293 e. The second-order valence-electron chi connectivity index (χ2n) is 7.86. The number of benzene rings is 4. The van der Waals surface area contributed by atoms with Gasteiger partial charge in [0.25, 0.3) is 11.1 Å². The third-order valence-corrected chi connectivity index (χ3v) is 6.50. The van der Waals surface area contributed by atoms with Gasteiger partial charge >= 0.3 is 0 Å². The fourth-order valence-corrected chi connectivity index (χ4v) is 4.68. The Morgan fingerprint density at radius 3 is 2.44 bits per heavy atom. The van der Waals surface area contributed by atoms with Crippen molar-refractivity contribution in [1.82, 2.24) is 4.90 Å². The molecule has 0 radical (unpaired) electrons. The number of ether oxygens (including phenoxy) is 1. The molecule has 0 aliphatic carbocycles. The molecule has 0 saturated carbocycles. The Balaban J connectivity index is 1.36. The zero-order valence-electron chi connectivity index (χ0n) is 18.1. The highest BCUT2D eigenvalue weighted by Crippen LogP contribution is 2.35. The fourth-order valence-electron chi connectivity index (χ4n) is 3.85. The van der Waals surface area contributed by atoms with Crippen LogP contribution in [0.15, 0.2) is 95.9 Å². The Hall–Kier alpha value is -3.90. The molecule has 1 saturated heterocycles. The lowest BCUT2D eigenvalue weighted by Crippen LogP contribution is -2.27. The molecule has 0 spiro atoms. The standard InChI is InChI=1S/C28H20FNO3S/c29-23-14-12-19(13-15-23)18-33-25-11-4-2-7-21(25)16-26-27(31)30(28(32)34-26)17-22-9-5-8-20-6-1-3-10-24(20)22/h1-16H,17-18H2/b26-16-. The van der Waals surface area contributed by atoms with Crippen molar-refractivity contribution in [2.24, 2.45) is 0 Å². The van der Waals surface area contributed by atoms with E-state index in [1.807, 2.05) is 60.7 Å². The molecule has 1 aliphatic rings. The first-order valence-electron chi connectivity index (χ1n) is 10.8. The minimum atomic E-state index is -0.323. The van der Waals surface area contributed by atoms with E-state index in [4.69, 9.17) is 4.74 Å². The van der Waals surface area contributed by atoms with E-state index < -0.39 is 0 Å². The van der Waals surface area contributed by atoms with Crippen molar-refractivity contribution in [3.8, 4) is 5.75 Å². The summed E-state index contributed by atoms with van der Waals surface area (Å²) in [4.78, 5) is 27.5. The van der Waals surface area contributed by atoms with Crippen molar-refractivity contribution in [2.75, 3.05) is 0 Å². The molecule has 168 valence electrons. The summed E-state index contributed by atoms with van der Waals surface area (Å²) < 4.78 is 19.1. The number of rotatable bonds is 6. The highest BCUT2D eigenvalue weighted by atomic mass is 32.2. The molecule has 6 heteroatoms. The summed E-state index contributed by atoms with van der Waals surface area (Å²) in [5.41, 5.74) is 2.44. The van der Waals surface area contributed by atoms with E-state index in [2.05, 4.69) is 0 Å². The Kier molecular flexibility index (Phi) is 6.14. The molecular formula is C28H20FNO3S. The van der Waals surface area contributed by atoms with Gasteiger partial charge in [-0.1, -0.05) is 72.8 Å². The highest BCUT2D eigenvalue weighted by Gasteiger charge is 2.35. The van der Waals surface area contributed by atoms with Crippen LogP contribution in [0.3, 0.4) is 0 Å². The lowest BCUT2D eigenvalue weighted by molar-refractivity contribution is -0.123. The summed E-state index contributed by atoms with van der Waals surface area (Å²) >= 11 is 0.927. The van der Waals surface area contributed by atoms with Gasteiger partial charge in [-0.25, -0.2) is 4.39 Å². The van der Waals surface area contributed by atoms with E-state index in [1.54, 1.807) is 24.3 Å². The maximum atomic E-state index is 13.1. The van der Waals surface area contributed by atoms with Crippen molar-refractivity contribution >= 4 is 39.8 Å². The molecule has 4 aromatic carbocycles. The van der Waals surface area contributed by atoms with Crippen LogP contribution in [0.4, 0.5) is 9.18 Å². The summed E-state index contributed by atoms with van der Waals surface area (Å²) in [6.07, 6.45) is 1.69. The molecule has 5 rings (SSSR count). The van der Waals surface area contributed by atoms with Crippen LogP contribution in [-0.4, -0.2) is 16.0 Å². The predicted octanol–water partition coefficient (Wildman–Crippen LogP) is 6.79. The average molecular weight is 470 g/mol. The largest absolute Gasteiger partial charge is 0.488 e. The van der Waals surface area contributed by atoms with Crippen molar-refractivity contribution < 1.29 is 18.7 Å². The van der Waals surface area contributed by atoms with E-state index in [-0.39, 0.29) is 30.1 Å². The minimum Gasteiger partial charge on any atom is -0.488 e. The number of hydrogen-bond acceptors (Lipinski definition) is 4. The van der Waals surface area contributed by atoms with Crippen LogP contribution in [0.1, 0.15) is 16.7 Å². The van der Waals surface area contributed by atoms with E-state index in [1.165, 1.54) is 17.0 Å². The van der Waals surface area contributed by atoms with Gasteiger partial charge in [0, 0.05) is 5.56 Å². The number of hydrogen-bond donors (Lipinski definition) is 0. The SMILES string of the molecule is O=C1S/C(=C\c2ccccc2OCc2ccc(F)cc2)C(=O)N1Cc1cccc2ccccc12. The van der Waals surface area contributed by atoms with Crippen molar-refractivity contribution in [3.63, 3.8) is 0 Å². The molecule has 0 bridgehead atoms. The topological polar surface area (TPSA) is 46.6 Å². The summed E-state index contributed by atoms with van der Waals surface area (Å²) in [5, 5.41) is 1.79. The Bertz CT molecular complexity index is 1410. The number of carbonyl (C=O) groups excluding carboxylic acids is 2. The van der Waals surface area contributed by atoms with Gasteiger partial charge in [-0.2, -0.15) is 0 Å². The Labute approximate surface area is 200 Å². The average Bonchev–Trinajstić information content (AvgIpc) is 3.12. The van der Waals surface area contributed by atoms with Crippen LogP contribution < -0.4 is 4.74 Å². The molecule has 4 nitrogen and oxygen atoms in total.